The van der Waals surface area contributed by atoms with Gasteiger partial charge in [0.15, 0.2) is 9.84 Å². The fraction of sp³-hybridized carbons (Fsp3) is 0.333. The van der Waals surface area contributed by atoms with E-state index < -0.39 is 25.1 Å². The second-order valence-corrected chi connectivity index (χ2v) is 11.5. The van der Waals surface area contributed by atoms with Crippen LogP contribution in [0.2, 0.25) is 10.0 Å². The fourth-order valence-electron chi connectivity index (χ4n) is 3.26. The Labute approximate surface area is 169 Å². The van der Waals surface area contributed by atoms with Crippen molar-refractivity contribution in [1.29, 1.82) is 0 Å². The van der Waals surface area contributed by atoms with Gasteiger partial charge < -0.3 is 0 Å². The van der Waals surface area contributed by atoms with Crippen molar-refractivity contribution in [3.05, 3.63) is 63.6 Å². The second kappa shape index (κ2) is 7.72. The Morgan fingerprint density at radius 2 is 1.67 bits per heavy atom. The number of sulfonamides is 1. The van der Waals surface area contributed by atoms with Crippen molar-refractivity contribution in [2.24, 2.45) is 0 Å². The summed E-state index contributed by atoms with van der Waals surface area (Å²) in [5, 5.41) is -0.104. The molecule has 1 fully saturated rings. The monoisotopic (exact) mass is 447 g/mol. The summed E-state index contributed by atoms with van der Waals surface area (Å²) in [6, 6.07) is 11.5. The Balaban J connectivity index is 1.96. The van der Waals surface area contributed by atoms with E-state index in [0.29, 0.717) is 21.2 Å². The second-order valence-electron chi connectivity index (χ2n) is 6.43. The molecular formula is C18H19Cl2NO4S2. The van der Waals surface area contributed by atoms with Crippen LogP contribution < -0.4 is 0 Å². The van der Waals surface area contributed by atoms with Crippen molar-refractivity contribution in [1.82, 2.24) is 4.31 Å². The van der Waals surface area contributed by atoms with Gasteiger partial charge in [0.05, 0.1) is 15.9 Å². The number of nitrogens with zero attached hydrogens (tertiary/aromatic N) is 1. The lowest BCUT2D eigenvalue weighted by Crippen LogP contribution is -2.34. The van der Waals surface area contributed by atoms with Gasteiger partial charge in [0.25, 0.3) is 0 Å². The molecule has 27 heavy (non-hydrogen) atoms. The summed E-state index contributed by atoms with van der Waals surface area (Å²) in [4.78, 5) is 0.101. The van der Waals surface area contributed by atoms with Crippen LogP contribution in [0, 0.1) is 6.92 Å². The normalized spacial score (nSPS) is 20.9. The van der Waals surface area contributed by atoms with Crippen molar-refractivity contribution >= 4 is 43.1 Å². The van der Waals surface area contributed by atoms with Gasteiger partial charge in [0, 0.05) is 23.1 Å². The third-order valence-electron chi connectivity index (χ3n) is 4.79. The molecule has 0 amide bonds. The molecule has 0 radical (unpaired) electrons. The predicted molar refractivity (Wildman–Crippen MR) is 108 cm³/mol. The molecule has 1 saturated heterocycles. The maximum atomic E-state index is 13.1. The SMILES string of the molecule is Cc1c(Cl)cccc1S(=O)(=O)N1CCC(c2ccccc2Cl)S(=O)(=O)CC1. The number of rotatable bonds is 3. The van der Waals surface area contributed by atoms with Gasteiger partial charge in [0.1, 0.15) is 0 Å². The van der Waals surface area contributed by atoms with E-state index in [9.17, 15) is 16.8 Å². The van der Waals surface area contributed by atoms with Crippen LogP contribution in [-0.2, 0) is 19.9 Å². The molecule has 1 heterocycles. The molecule has 2 aromatic carbocycles. The van der Waals surface area contributed by atoms with Gasteiger partial charge in [-0.3, -0.25) is 0 Å². The summed E-state index contributed by atoms with van der Waals surface area (Å²) in [6.45, 7) is 1.62. The van der Waals surface area contributed by atoms with Crippen molar-refractivity contribution in [2.75, 3.05) is 18.8 Å². The van der Waals surface area contributed by atoms with Crippen molar-refractivity contribution in [3.63, 3.8) is 0 Å². The highest BCUT2D eigenvalue weighted by molar-refractivity contribution is 7.92. The summed E-state index contributed by atoms with van der Waals surface area (Å²) >= 11 is 12.3. The first-order valence-corrected chi connectivity index (χ1v) is 12.3. The number of benzene rings is 2. The molecule has 0 saturated carbocycles. The molecular weight excluding hydrogens is 429 g/mol. The molecule has 0 aromatic heterocycles. The van der Waals surface area contributed by atoms with Crippen molar-refractivity contribution in [2.45, 2.75) is 23.5 Å². The lowest BCUT2D eigenvalue weighted by Gasteiger charge is -2.21. The summed E-state index contributed by atoms with van der Waals surface area (Å²) in [5.41, 5.74) is 0.964. The van der Waals surface area contributed by atoms with Gasteiger partial charge in [-0.2, -0.15) is 4.31 Å². The molecule has 1 aliphatic rings. The molecule has 1 atom stereocenters. The zero-order valence-electron chi connectivity index (χ0n) is 14.6. The molecule has 0 bridgehead atoms. The number of sulfone groups is 1. The van der Waals surface area contributed by atoms with Crippen molar-refractivity contribution in [3.8, 4) is 0 Å². The molecule has 1 aliphatic heterocycles. The molecule has 0 aliphatic carbocycles. The first-order chi connectivity index (χ1) is 12.6. The van der Waals surface area contributed by atoms with E-state index in [4.69, 9.17) is 23.2 Å². The number of hydrogen-bond acceptors (Lipinski definition) is 4. The number of hydrogen-bond donors (Lipinski definition) is 0. The minimum atomic E-state index is -3.85. The van der Waals surface area contributed by atoms with Gasteiger partial charge in [-0.15, -0.1) is 0 Å². The average molecular weight is 448 g/mol. The Bertz CT molecular complexity index is 1070. The van der Waals surface area contributed by atoms with Crippen LogP contribution in [0.25, 0.3) is 0 Å². The van der Waals surface area contributed by atoms with Crippen molar-refractivity contribution < 1.29 is 16.8 Å². The largest absolute Gasteiger partial charge is 0.243 e. The van der Waals surface area contributed by atoms with E-state index >= 15 is 0 Å². The van der Waals surface area contributed by atoms with Crippen LogP contribution >= 0.6 is 23.2 Å². The van der Waals surface area contributed by atoms with E-state index in [1.807, 2.05) is 0 Å². The third-order valence-corrected chi connectivity index (χ3v) is 9.69. The molecule has 0 spiro atoms. The quantitative estimate of drug-likeness (QED) is 0.715. The number of halogens is 2. The lowest BCUT2D eigenvalue weighted by atomic mass is 10.1. The standard InChI is InChI=1S/C18H19Cl2NO4S2/c1-13-15(19)7-4-8-17(13)27(24,25)21-10-9-18(26(22,23)12-11-21)14-5-2-3-6-16(14)20/h2-8,18H,9-12H2,1H3. The summed E-state index contributed by atoms with van der Waals surface area (Å²) < 4.78 is 53.0. The van der Waals surface area contributed by atoms with Gasteiger partial charge >= 0.3 is 0 Å². The molecule has 3 rings (SSSR count). The topological polar surface area (TPSA) is 71.5 Å². The zero-order chi connectivity index (χ0) is 19.8. The molecule has 2 aromatic rings. The minimum Gasteiger partial charge on any atom is -0.228 e. The van der Waals surface area contributed by atoms with E-state index in [-0.39, 0.29) is 30.2 Å². The summed E-state index contributed by atoms with van der Waals surface area (Å²) in [7, 11) is -7.40. The van der Waals surface area contributed by atoms with E-state index in [0.717, 1.165) is 0 Å². The Morgan fingerprint density at radius 3 is 2.37 bits per heavy atom. The molecule has 5 nitrogen and oxygen atoms in total. The van der Waals surface area contributed by atoms with Crippen LogP contribution in [0.3, 0.4) is 0 Å². The third kappa shape index (κ3) is 4.03. The van der Waals surface area contributed by atoms with E-state index in [1.54, 1.807) is 43.3 Å². The Hall–Kier alpha value is -1.12. The molecule has 0 N–H and O–H groups in total. The highest BCUT2D eigenvalue weighted by Crippen LogP contribution is 2.35. The van der Waals surface area contributed by atoms with Gasteiger partial charge in [-0.05, 0) is 42.7 Å². The molecule has 146 valence electrons. The molecule has 9 heteroatoms. The Morgan fingerprint density at radius 1 is 1.00 bits per heavy atom. The highest BCUT2D eigenvalue weighted by Gasteiger charge is 2.36. The summed E-state index contributed by atoms with van der Waals surface area (Å²) in [5.74, 6) is -0.262. The van der Waals surface area contributed by atoms with E-state index in [2.05, 4.69) is 0 Å². The highest BCUT2D eigenvalue weighted by atomic mass is 35.5. The summed E-state index contributed by atoms with van der Waals surface area (Å²) in [6.07, 6.45) is 0.144. The minimum absolute atomic E-state index is 0.0867. The first-order valence-electron chi connectivity index (χ1n) is 8.36. The average Bonchev–Trinajstić information content (AvgIpc) is 2.76. The fourth-order valence-corrected chi connectivity index (χ4v) is 7.45. The van der Waals surface area contributed by atoms with Crippen LogP contribution in [0.15, 0.2) is 47.4 Å². The van der Waals surface area contributed by atoms with E-state index in [1.165, 1.54) is 10.4 Å². The Kier molecular flexibility index (Phi) is 5.89. The molecule has 1 unspecified atom stereocenters. The van der Waals surface area contributed by atoms with Crippen LogP contribution in [0.5, 0.6) is 0 Å². The lowest BCUT2D eigenvalue weighted by molar-refractivity contribution is 0.427. The van der Waals surface area contributed by atoms with Crippen LogP contribution in [-0.4, -0.2) is 40.0 Å². The van der Waals surface area contributed by atoms with Crippen LogP contribution in [0.1, 0.15) is 22.8 Å². The zero-order valence-corrected chi connectivity index (χ0v) is 17.7. The maximum absolute atomic E-state index is 13.1. The maximum Gasteiger partial charge on any atom is 0.243 e. The van der Waals surface area contributed by atoms with Crippen LogP contribution in [0.4, 0.5) is 0 Å². The van der Waals surface area contributed by atoms with Gasteiger partial charge in [-0.1, -0.05) is 47.5 Å². The first kappa shape index (κ1) is 20.6. The van der Waals surface area contributed by atoms with Gasteiger partial charge in [-0.25, -0.2) is 16.8 Å². The smallest absolute Gasteiger partial charge is 0.228 e. The predicted octanol–water partition coefficient (Wildman–Crippen LogP) is 3.85. The van der Waals surface area contributed by atoms with Gasteiger partial charge in [0.2, 0.25) is 10.0 Å².